The number of hydrogen-bond donors (Lipinski definition) is 2. The van der Waals surface area contributed by atoms with Gasteiger partial charge in [0, 0.05) is 16.1 Å². The maximum absolute atomic E-state index is 5.08. The molecule has 0 aliphatic heterocycles. The van der Waals surface area contributed by atoms with Crippen LogP contribution in [-0.4, -0.2) is 9.97 Å². The number of aromatic nitrogens is 2. The minimum atomic E-state index is 0.740. The second-order valence-electron chi connectivity index (χ2n) is 3.19. The first-order valence-electron chi connectivity index (χ1n) is 4.22. The lowest BCUT2D eigenvalue weighted by Crippen LogP contribution is -1.99. The number of thiophene rings is 1. The molecule has 0 atom stereocenters. The molecule has 0 unspecified atom stereocenters. The quantitative estimate of drug-likeness (QED) is 0.641. The Kier molecular flexibility index (Phi) is 1.48. The molecule has 2 aromatic rings. The standard InChI is InChI=1S/C9H8N2S2/c12-9-10-6-1-2-7-5(3-4-13-7)8(6)11-9/h3-4H,1-2H2,(H2,10,11,12). The van der Waals surface area contributed by atoms with Crippen molar-refractivity contribution < 1.29 is 0 Å². The maximum Gasteiger partial charge on any atom is 0.175 e. The average Bonchev–Trinajstić information content (AvgIpc) is 2.65. The molecule has 2 nitrogen and oxygen atoms in total. The zero-order valence-corrected chi connectivity index (χ0v) is 8.52. The molecule has 2 aromatic heterocycles. The fourth-order valence-electron chi connectivity index (χ4n) is 1.83. The summed E-state index contributed by atoms with van der Waals surface area (Å²) in [5, 5.41) is 2.14. The van der Waals surface area contributed by atoms with E-state index in [9.17, 15) is 0 Å². The third kappa shape index (κ3) is 1.02. The summed E-state index contributed by atoms with van der Waals surface area (Å²) in [4.78, 5) is 7.87. The highest BCUT2D eigenvalue weighted by molar-refractivity contribution is 7.71. The molecule has 66 valence electrons. The minimum absolute atomic E-state index is 0.740. The van der Waals surface area contributed by atoms with E-state index in [0.29, 0.717) is 0 Å². The minimum Gasteiger partial charge on any atom is -0.334 e. The Balaban J connectivity index is 2.35. The van der Waals surface area contributed by atoms with Crippen LogP contribution in [0.25, 0.3) is 11.3 Å². The Bertz CT molecular complexity index is 504. The zero-order valence-electron chi connectivity index (χ0n) is 6.89. The molecule has 0 bridgehead atoms. The normalized spacial score (nSPS) is 13.8. The monoisotopic (exact) mass is 208 g/mol. The van der Waals surface area contributed by atoms with Crippen LogP contribution in [0.3, 0.4) is 0 Å². The van der Waals surface area contributed by atoms with Gasteiger partial charge in [0.05, 0.1) is 5.69 Å². The third-order valence-corrected chi connectivity index (χ3v) is 3.61. The molecule has 2 heterocycles. The van der Waals surface area contributed by atoms with E-state index in [-0.39, 0.29) is 0 Å². The number of aromatic amines is 2. The van der Waals surface area contributed by atoms with Crippen molar-refractivity contribution in [2.45, 2.75) is 12.8 Å². The molecule has 1 aliphatic rings. The van der Waals surface area contributed by atoms with Crippen molar-refractivity contribution in [3.05, 3.63) is 26.8 Å². The topological polar surface area (TPSA) is 31.6 Å². The Morgan fingerprint density at radius 3 is 3.15 bits per heavy atom. The molecule has 0 spiro atoms. The van der Waals surface area contributed by atoms with E-state index in [1.807, 2.05) is 11.3 Å². The first kappa shape index (κ1) is 7.53. The predicted molar refractivity (Wildman–Crippen MR) is 56.7 cm³/mol. The first-order chi connectivity index (χ1) is 6.34. The van der Waals surface area contributed by atoms with Crippen LogP contribution in [-0.2, 0) is 12.8 Å². The Labute approximate surface area is 84.6 Å². The molecule has 4 heteroatoms. The van der Waals surface area contributed by atoms with E-state index in [2.05, 4.69) is 21.4 Å². The van der Waals surface area contributed by atoms with Crippen molar-refractivity contribution in [2.75, 3.05) is 0 Å². The number of imidazole rings is 1. The molecular weight excluding hydrogens is 200 g/mol. The van der Waals surface area contributed by atoms with Gasteiger partial charge >= 0.3 is 0 Å². The van der Waals surface area contributed by atoms with Crippen molar-refractivity contribution in [2.24, 2.45) is 0 Å². The summed E-state index contributed by atoms with van der Waals surface area (Å²) in [6, 6.07) is 2.16. The molecule has 0 saturated heterocycles. The fourth-order valence-corrected chi connectivity index (χ4v) is 2.94. The molecule has 0 saturated carbocycles. The maximum atomic E-state index is 5.08. The van der Waals surface area contributed by atoms with E-state index in [1.54, 1.807) is 0 Å². The van der Waals surface area contributed by atoms with Gasteiger partial charge in [-0.1, -0.05) is 0 Å². The number of rotatable bonds is 0. The van der Waals surface area contributed by atoms with Crippen molar-refractivity contribution in [3.63, 3.8) is 0 Å². The van der Waals surface area contributed by atoms with Gasteiger partial charge in [-0.05, 0) is 36.5 Å². The zero-order chi connectivity index (χ0) is 8.84. The molecule has 1 aliphatic carbocycles. The van der Waals surface area contributed by atoms with Gasteiger partial charge in [-0.3, -0.25) is 0 Å². The van der Waals surface area contributed by atoms with Gasteiger partial charge in [0.25, 0.3) is 0 Å². The lowest BCUT2D eigenvalue weighted by Gasteiger charge is -2.10. The third-order valence-electron chi connectivity index (χ3n) is 2.42. The van der Waals surface area contributed by atoms with Crippen molar-refractivity contribution in [1.29, 1.82) is 0 Å². The predicted octanol–water partition coefficient (Wildman–Crippen LogP) is 2.90. The van der Waals surface area contributed by atoms with Gasteiger partial charge in [0.1, 0.15) is 0 Å². The van der Waals surface area contributed by atoms with Gasteiger partial charge in [-0.15, -0.1) is 11.3 Å². The summed E-state index contributed by atoms with van der Waals surface area (Å²) < 4.78 is 0.740. The second-order valence-corrected chi connectivity index (χ2v) is 4.60. The highest BCUT2D eigenvalue weighted by Gasteiger charge is 2.18. The van der Waals surface area contributed by atoms with E-state index < -0.39 is 0 Å². The van der Waals surface area contributed by atoms with E-state index >= 15 is 0 Å². The molecule has 13 heavy (non-hydrogen) atoms. The van der Waals surface area contributed by atoms with Gasteiger partial charge in [0.15, 0.2) is 4.77 Å². The molecule has 0 radical (unpaired) electrons. The van der Waals surface area contributed by atoms with Gasteiger partial charge < -0.3 is 9.97 Å². The number of aryl methyl sites for hydroxylation is 2. The molecule has 0 amide bonds. The van der Waals surface area contributed by atoms with Crippen LogP contribution in [0.2, 0.25) is 0 Å². The average molecular weight is 208 g/mol. The van der Waals surface area contributed by atoms with Crippen LogP contribution >= 0.6 is 23.6 Å². The van der Waals surface area contributed by atoms with Crippen molar-refractivity contribution in [3.8, 4) is 11.3 Å². The SMILES string of the molecule is S=c1[nH]c2c([nH]1)-c1ccsc1CC2. The molecule has 0 aromatic carbocycles. The number of H-pyrrole nitrogens is 2. The fraction of sp³-hybridized carbons (Fsp3) is 0.222. The van der Waals surface area contributed by atoms with E-state index in [0.717, 1.165) is 17.6 Å². The number of fused-ring (bicyclic) bond motifs is 3. The van der Waals surface area contributed by atoms with Crippen LogP contribution < -0.4 is 0 Å². The number of hydrogen-bond acceptors (Lipinski definition) is 2. The van der Waals surface area contributed by atoms with Crippen LogP contribution in [0, 0.1) is 4.77 Å². The lowest BCUT2D eigenvalue weighted by atomic mass is 10.0. The van der Waals surface area contributed by atoms with Gasteiger partial charge in [0.2, 0.25) is 0 Å². The smallest absolute Gasteiger partial charge is 0.175 e. The summed E-state index contributed by atoms with van der Waals surface area (Å²) in [6.45, 7) is 0. The van der Waals surface area contributed by atoms with Crippen LogP contribution in [0.5, 0.6) is 0 Å². The Hall–Kier alpha value is -0.870. The van der Waals surface area contributed by atoms with Crippen molar-refractivity contribution in [1.82, 2.24) is 9.97 Å². The lowest BCUT2D eigenvalue weighted by molar-refractivity contribution is 0.925. The Morgan fingerprint density at radius 1 is 1.31 bits per heavy atom. The second kappa shape index (κ2) is 2.56. The van der Waals surface area contributed by atoms with Crippen LogP contribution in [0.4, 0.5) is 0 Å². The molecule has 3 rings (SSSR count). The summed E-state index contributed by atoms with van der Waals surface area (Å²) >= 11 is 6.91. The molecule has 2 N–H and O–H groups in total. The van der Waals surface area contributed by atoms with E-state index in [1.165, 1.54) is 21.8 Å². The number of nitrogens with one attached hydrogen (secondary N) is 2. The van der Waals surface area contributed by atoms with Gasteiger partial charge in [-0.25, -0.2) is 0 Å². The highest BCUT2D eigenvalue weighted by Crippen LogP contribution is 2.34. The summed E-state index contributed by atoms with van der Waals surface area (Å²) in [5.74, 6) is 0. The summed E-state index contributed by atoms with van der Waals surface area (Å²) in [5.41, 5.74) is 3.79. The highest BCUT2D eigenvalue weighted by atomic mass is 32.1. The van der Waals surface area contributed by atoms with E-state index in [4.69, 9.17) is 12.2 Å². The molecule has 0 fully saturated rings. The van der Waals surface area contributed by atoms with Crippen molar-refractivity contribution >= 4 is 23.6 Å². The van der Waals surface area contributed by atoms with Crippen LogP contribution in [0.15, 0.2) is 11.4 Å². The Morgan fingerprint density at radius 2 is 2.23 bits per heavy atom. The first-order valence-corrected chi connectivity index (χ1v) is 5.51. The van der Waals surface area contributed by atoms with Gasteiger partial charge in [-0.2, -0.15) is 0 Å². The van der Waals surface area contributed by atoms with Crippen LogP contribution in [0.1, 0.15) is 10.6 Å². The molecular formula is C9H8N2S2. The largest absolute Gasteiger partial charge is 0.334 e. The summed E-state index contributed by atoms with van der Waals surface area (Å²) in [6.07, 6.45) is 2.22. The summed E-state index contributed by atoms with van der Waals surface area (Å²) in [7, 11) is 0.